The molecule has 0 saturated carbocycles. The van der Waals surface area contributed by atoms with Gasteiger partial charge in [0.2, 0.25) is 0 Å². The summed E-state index contributed by atoms with van der Waals surface area (Å²) in [6.07, 6.45) is 6.95. The van der Waals surface area contributed by atoms with E-state index in [-0.39, 0.29) is 46.4 Å². The normalized spacial score (nSPS) is 20.3. The highest BCUT2D eigenvalue weighted by atomic mass is 16.3. The van der Waals surface area contributed by atoms with Crippen molar-refractivity contribution in [1.82, 2.24) is 20.9 Å². The molecule has 2 aliphatic heterocycles. The monoisotopic (exact) mass is 569 g/mol. The average molecular weight is 570 g/mol. The van der Waals surface area contributed by atoms with E-state index >= 15 is 0 Å². The molecular weight excluding hydrogens is 530 g/mol. The van der Waals surface area contributed by atoms with Gasteiger partial charge in [0.1, 0.15) is 5.75 Å². The smallest absolute Gasteiger partial charge is 0.251 e. The third kappa shape index (κ3) is 6.97. The van der Waals surface area contributed by atoms with Crippen LogP contribution < -0.4 is 20.9 Å². The molecule has 9 nitrogen and oxygen atoms in total. The van der Waals surface area contributed by atoms with Crippen LogP contribution in [0.3, 0.4) is 0 Å². The maximum absolute atomic E-state index is 13.4. The van der Waals surface area contributed by atoms with E-state index in [9.17, 15) is 19.5 Å². The van der Waals surface area contributed by atoms with Crippen LogP contribution in [0.25, 0.3) is 0 Å². The predicted octanol–water partition coefficient (Wildman–Crippen LogP) is 3.93. The molecule has 2 aromatic carbocycles. The zero-order chi connectivity index (χ0) is 29.7. The van der Waals surface area contributed by atoms with Crippen molar-refractivity contribution in [2.75, 3.05) is 31.1 Å². The number of carbonyl (C=O) groups is 3. The van der Waals surface area contributed by atoms with Crippen molar-refractivity contribution in [3.8, 4) is 5.75 Å². The van der Waals surface area contributed by atoms with Gasteiger partial charge in [-0.2, -0.15) is 0 Å². The van der Waals surface area contributed by atoms with Crippen LogP contribution in [0.2, 0.25) is 0 Å². The minimum atomic E-state index is -0.300. The van der Waals surface area contributed by atoms with Crippen molar-refractivity contribution in [1.29, 1.82) is 0 Å². The Morgan fingerprint density at radius 3 is 2.29 bits per heavy atom. The number of aromatic hydroxyl groups is 1. The lowest BCUT2D eigenvalue weighted by atomic mass is 9.84. The number of phenolic OH excluding ortho intramolecular Hbond substituents is 1. The standard InChI is InChI=1S/C33H39N5O4/c1-33(2)14-4-18-38(21-33)25-10-11-29(39)26(19-25)30(40)22-6-8-23(9-7-22)31(41)36-27-5-3-15-35-20-28(27)37-32(42)24-12-16-34-17-13-24/h6-13,16-17,19,27-28,35,39H,3-5,14-15,18,20-21H2,1-2H3,(H,36,41)(H,37,42)/t27-,28-/m1/s1. The lowest BCUT2D eigenvalue weighted by molar-refractivity contribution is 0.0882. The molecule has 0 aliphatic carbocycles. The van der Waals surface area contributed by atoms with E-state index in [4.69, 9.17) is 0 Å². The lowest BCUT2D eigenvalue weighted by Crippen LogP contribution is -2.54. The molecular formula is C33H39N5O4. The molecule has 0 bridgehead atoms. The summed E-state index contributed by atoms with van der Waals surface area (Å²) in [5.41, 5.74) is 2.66. The second kappa shape index (κ2) is 12.7. The maximum Gasteiger partial charge on any atom is 0.251 e. The van der Waals surface area contributed by atoms with E-state index in [1.54, 1.807) is 60.9 Å². The predicted molar refractivity (Wildman–Crippen MR) is 162 cm³/mol. The number of aromatic nitrogens is 1. The summed E-state index contributed by atoms with van der Waals surface area (Å²) in [7, 11) is 0. The molecule has 2 fully saturated rings. The number of phenols is 1. The Balaban J connectivity index is 1.26. The lowest BCUT2D eigenvalue weighted by Gasteiger charge is -2.39. The Kier molecular flexibility index (Phi) is 8.87. The van der Waals surface area contributed by atoms with Gasteiger partial charge in [0, 0.05) is 54.4 Å². The number of pyridine rings is 1. The summed E-state index contributed by atoms with van der Waals surface area (Å²) >= 11 is 0. The van der Waals surface area contributed by atoms with Crippen LogP contribution in [0.1, 0.15) is 76.2 Å². The van der Waals surface area contributed by atoms with Crippen molar-refractivity contribution < 1.29 is 19.5 Å². The van der Waals surface area contributed by atoms with Crippen LogP contribution in [0.5, 0.6) is 5.75 Å². The van der Waals surface area contributed by atoms with E-state index < -0.39 is 0 Å². The molecule has 3 aromatic rings. The minimum absolute atomic E-state index is 0.0660. The fourth-order valence-electron chi connectivity index (χ4n) is 5.85. The molecule has 0 radical (unpaired) electrons. The van der Waals surface area contributed by atoms with Gasteiger partial charge in [0.15, 0.2) is 5.78 Å². The first-order valence-electron chi connectivity index (χ1n) is 14.7. The van der Waals surface area contributed by atoms with Gasteiger partial charge in [0.25, 0.3) is 11.8 Å². The number of anilines is 1. The Morgan fingerprint density at radius 1 is 0.905 bits per heavy atom. The van der Waals surface area contributed by atoms with Crippen LogP contribution in [0, 0.1) is 5.41 Å². The van der Waals surface area contributed by atoms with Gasteiger partial charge in [-0.05, 0) is 80.1 Å². The number of carbonyl (C=O) groups excluding carboxylic acids is 3. The Labute approximate surface area is 246 Å². The van der Waals surface area contributed by atoms with Gasteiger partial charge in [0.05, 0.1) is 17.6 Å². The summed E-state index contributed by atoms with van der Waals surface area (Å²) in [5, 5.41) is 20.0. The first-order valence-corrected chi connectivity index (χ1v) is 14.7. The Morgan fingerprint density at radius 2 is 1.57 bits per heavy atom. The highest BCUT2D eigenvalue weighted by molar-refractivity contribution is 6.11. The minimum Gasteiger partial charge on any atom is -0.507 e. The number of rotatable bonds is 7. The van der Waals surface area contributed by atoms with Crippen LogP contribution in [-0.4, -0.2) is 66.0 Å². The average Bonchev–Trinajstić information content (AvgIpc) is 3.21. The first-order chi connectivity index (χ1) is 20.2. The molecule has 0 spiro atoms. The number of hydrogen-bond donors (Lipinski definition) is 4. The van der Waals surface area contributed by atoms with Crippen molar-refractivity contribution in [2.45, 2.75) is 51.6 Å². The molecule has 220 valence electrons. The molecule has 9 heteroatoms. The maximum atomic E-state index is 13.4. The molecule has 2 saturated heterocycles. The largest absolute Gasteiger partial charge is 0.507 e. The summed E-state index contributed by atoms with van der Waals surface area (Å²) in [6, 6.07) is 14.4. The SMILES string of the molecule is CC1(C)CCCN(c2ccc(O)c(C(=O)c3ccc(C(=O)N[C@@H]4CCCNC[C@H]4NC(=O)c4ccncc4)cc3)c2)C1. The van der Waals surface area contributed by atoms with Gasteiger partial charge in [-0.3, -0.25) is 19.4 Å². The number of hydrogen-bond acceptors (Lipinski definition) is 7. The molecule has 5 rings (SSSR count). The highest BCUT2D eigenvalue weighted by Crippen LogP contribution is 2.34. The highest BCUT2D eigenvalue weighted by Gasteiger charge is 2.29. The summed E-state index contributed by atoms with van der Waals surface area (Å²) < 4.78 is 0. The van der Waals surface area contributed by atoms with Gasteiger partial charge >= 0.3 is 0 Å². The van der Waals surface area contributed by atoms with E-state index in [1.807, 2.05) is 6.07 Å². The number of ketones is 1. The van der Waals surface area contributed by atoms with Crippen LogP contribution in [0.4, 0.5) is 5.69 Å². The topological polar surface area (TPSA) is 124 Å². The van der Waals surface area contributed by atoms with Crippen molar-refractivity contribution in [3.05, 3.63) is 89.2 Å². The van der Waals surface area contributed by atoms with E-state index in [0.29, 0.717) is 29.7 Å². The second-order valence-electron chi connectivity index (χ2n) is 12.0. The second-order valence-corrected chi connectivity index (χ2v) is 12.0. The molecule has 0 unspecified atom stereocenters. The van der Waals surface area contributed by atoms with Crippen LogP contribution in [0.15, 0.2) is 67.0 Å². The summed E-state index contributed by atoms with van der Waals surface area (Å²) in [5.74, 6) is -0.860. The van der Waals surface area contributed by atoms with E-state index in [1.165, 1.54) is 0 Å². The molecule has 2 atom stereocenters. The zero-order valence-electron chi connectivity index (χ0n) is 24.2. The van der Waals surface area contributed by atoms with Gasteiger partial charge < -0.3 is 26.0 Å². The fraction of sp³-hybridized carbons (Fsp3) is 0.394. The van der Waals surface area contributed by atoms with Crippen molar-refractivity contribution in [2.24, 2.45) is 5.41 Å². The third-order valence-electron chi connectivity index (χ3n) is 8.19. The van der Waals surface area contributed by atoms with Crippen LogP contribution >= 0.6 is 0 Å². The number of nitrogens with zero attached hydrogens (tertiary/aromatic N) is 2. The number of amides is 2. The Bertz CT molecular complexity index is 1420. The van der Waals surface area contributed by atoms with Gasteiger partial charge in [-0.25, -0.2) is 0 Å². The van der Waals surface area contributed by atoms with E-state index in [2.05, 4.69) is 39.7 Å². The molecule has 42 heavy (non-hydrogen) atoms. The fourth-order valence-corrected chi connectivity index (χ4v) is 5.85. The van der Waals surface area contributed by atoms with Crippen LogP contribution in [-0.2, 0) is 0 Å². The molecule has 2 amide bonds. The van der Waals surface area contributed by atoms with E-state index in [0.717, 1.165) is 44.6 Å². The molecule has 3 heterocycles. The molecule has 2 aliphatic rings. The number of benzene rings is 2. The number of nitrogens with one attached hydrogen (secondary N) is 3. The molecule has 4 N–H and O–H groups in total. The summed E-state index contributed by atoms with van der Waals surface area (Å²) in [4.78, 5) is 45.6. The van der Waals surface area contributed by atoms with Crippen molar-refractivity contribution in [3.63, 3.8) is 0 Å². The van der Waals surface area contributed by atoms with Gasteiger partial charge in [-0.15, -0.1) is 0 Å². The Hall–Kier alpha value is -4.24. The third-order valence-corrected chi connectivity index (χ3v) is 8.19. The first kappa shape index (κ1) is 29.3. The molecule has 1 aromatic heterocycles. The van der Waals surface area contributed by atoms with Gasteiger partial charge in [-0.1, -0.05) is 26.0 Å². The summed E-state index contributed by atoms with van der Waals surface area (Å²) in [6.45, 7) is 7.63. The zero-order valence-corrected chi connectivity index (χ0v) is 24.2. The quantitative estimate of drug-likeness (QED) is 0.318. The number of piperidine rings is 1. The van der Waals surface area contributed by atoms with Crippen molar-refractivity contribution >= 4 is 23.3 Å².